The van der Waals surface area contributed by atoms with E-state index in [4.69, 9.17) is 0 Å². The van der Waals surface area contributed by atoms with Crippen molar-refractivity contribution in [3.63, 3.8) is 0 Å². The summed E-state index contributed by atoms with van der Waals surface area (Å²) in [6, 6.07) is 16.4. The molecule has 2 aromatic heterocycles. The van der Waals surface area contributed by atoms with Gasteiger partial charge in [0, 0.05) is 11.6 Å². The summed E-state index contributed by atoms with van der Waals surface area (Å²) in [6.07, 6.45) is 5.42. The van der Waals surface area contributed by atoms with Crippen LogP contribution in [0.4, 0.5) is 15.8 Å². The van der Waals surface area contributed by atoms with Gasteiger partial charge in [0.05, 0.1) is 29.6 Å². The molecule has 0 amide bonds. The summed E-state index contributed by atoms with van der Waals surface area (Å²) in [5.74, 6) is -0.269. The van der Waals surface area contributed by atoms with Crippen molar-refractivity contribution in [3.05, 3.63) is 77.9 Å². The third-order valence-corrected chi connectivity index (χ3v) is 4.98. The Bertz CT molecular complexity index is 1200. The minimum absolute atomic E-state index is 0.269. The highest BCUT2D eigenvalue weighted by Gasteiger charge is 2.15. The monoisotopic (exact) mass is 389 g/mol. The molecule has 1 N–H and O–H groups in total. The molecule has 0 aliphatic heterocycles. The Kier molecular flexibility index (Phi) is 4.96. The molecule has 2 aromatic carbocycles. The number of aromatic nitrogens is 3. The zero-order valence-corrected chi connectivity index (χ0v) is 15.9. The van der Waals surface area contributed by atoms with Gasteiger partial charge in [-0.05, 0) is 30.0 Å². The molecule has 7 heteroatoms. The van der Waals surface area contributed by atoms with E-state index >= 15 is 0 Å². The summed E-state index contributed by atoms with van der Waals surface area (Å²) < 4.78 is 15.1. The molecule has 0 bridgehead atoms. The zero-order valence-electron chi connectivity index (χ0n) is 15.1. The normalized spacial score (nSPS) is 10.8. The molecule has 2 heterocycles. The van der Waals surface area contributed by atoms with Gasteiger partial charge in [0.15, 0.2) is 0 Å². The predicted molar refractivity (Wildman–Crippen MR) is 109 cm³/mol. The molecule has 4 rings (SSSR count). The largest absolute Gasteiger partial charge is 0.351 e. The van der Waals surface area contributed by atoms with Crippen molar-refractivity contribution >= 4 is 34.0 Å². The third kappa shape index (κ3) is 3.55. The van der Waals surface area contributed by atoms with Crippen LogP contribution in [0, 0.1) is 17.1 Å². The second kappa shape index (κ2) is 7.71. The van der Waals surface area contributed by atoms with E-state index in [-0.39, 0.29) is 5.82 Å². The molecule has 5 nitrogen and oxygen atoms in total. The SMILES string of the molecule is CSc1nc2ccccc2c(Nc2cnn(Cc3cccc(F)c3)c2)c1C#N. The van der Waals surface area contributed by atoms with Crippen LogP contribution < -0.4 is 5.32 Å². The first-order chi connectivity index (χ1) is 13.7. The van der Waals surface area contributed by atoms with Gasteiger partial charge < -0.3 is 5.32 Å². The van der Waals surface area contributed by atoms with E-state index in [1.165, 1.54) is 23.9 Å². The van der Waals surface area contributed by atoms with Gasteiger partial charge in [-0.1, -0.05) is 30.3 Å². The number of fused-ring (bicyclic) bond motifs is 1. The van der Waals surface area contributed by atoms with Crippen LogP contribution in [0.3, 0.4) is 0 Å². The Hall–Kier alpha value is -3.37. The first-order valence-electron chi connectivity index (χ1n) is 8.58. The molecular formula is C21H16FN5S. The van der Waals surface area contributed by atoms with Crippen molar-refractivity contribution in [1.29, 1.82) is 5.26 Å². The molecule has 0 spiro atoms. The van der Waals surface area contributed by atoms with E-state index in [1.54, 1.807) is 16.9 Å². The topological polar surface area (TPSA) is 66.5 Å². The Morgan fingerprint density at radius 3 is 2.86 bits per heavy atom. The molecule has 0 saturated heterocycles. The molecule has 0 radical (unpaired) electrons. The Balaban J connectivity index is 1.69. The smallest absolute Gasteiger partial charge is 0.123 e. The first kappa shape index (κ1) is 18.0. The lowest BCUT2D eigenvalue weighted by molar-refractivity contribution is 0.619. The second-order valence-electron chi connectivity index (χ2n) is 6.18. The summed E-state index contributed by atoms with van der Waals surface area (Å²) >= 11 is 1.44. The van der Waals surface area contributed by atoms with Gasteiger partial charge in [-0.3, -0.25) is 4.68 Å². The van der Waals surface area contributed by atoms with E-state index < -0.39 is 0 Å². The summed E-state index contributed by atoms with van der Waals surface area (Å²) in [4.78, 5) is 4.58. The fourth-order valence-corrected chi connectivity index (χ4v) is 3.59. The molecule has 28 heavy (non-hydrogen) atoms. The van der Waals surface area contributed by atoms with Crippen molar-refractivity contribution in [2.75, 3.05) is 11.6 Å². The minimum Gasteiger partial charge on any atom is -0.351 e. The molecule has 0 fully saturated rings. The van der Waals surface area contributed by atoms with Crippen LogP contribution >= 0.6 is 11.8 Å². The predicted octanol–water partition coefficient (Wildman–Crippen LogP) is 4.96. The number of rotatable bonds is 5. The van der Waals surface area contributed by atoms with E-state index in [2.05, 4.69) is 21.5 Å². The fraction of sp³-hybridized carbons (Fsp3) is 0.0952. The number of nitrogens with one attached hydrogen (secondary N) is 1. The Morgan fingerprint density at radius 1 is 1.21 bits per heavy atom. The highest BCUT2D eigenvalue weighted by atomic mass is 32.2. The fourth-order valence-electron chi connectivity index (χ4n) is 3.05. The van der Waals surface area contributed by atoms with Crippen molar-refractivity contribution in [3.8, 4) is 6.07 Å². The van der Waals surface area contributed by atoms with Crippen LogP contribution in [-0.2, 0) is 6.54 Å². The van der Waals surface area contributed by atoms with E-state index in [1.807, 2.05) is 42.8 Å². The van der Waals surface area contributed by atoms with Gasteiger partial charge >= 0.3 is 0 Å². The van der Waals surface area contributed by atoms with E-state index in [0.717, 1.165) is 22.2 Å². The standard InChI is InChI=1S/C21H16FN5S/c1-28-21-18(10-23)20(17-7-2-3-8-19(17)26-21)25-16-11-24-27(13-16)12-14-5-4-6-15(22)9-14/h2-9,11,13H,12H2,1H3,(H,25,26). The zero-order chi connectivity index (χ0) is 19.5. The molecule has 138 valence electrons. The number of nitriles is 1. The summed E-state index contributed by atoms with van der Waals surface area (Å²) in [7, 11) is 0. The number of hydrogen-bond donors (Lipinski definition) is 1. The van der Waals surface area contributed by atoms with Crippen LogP contribution in [0.25, 0.3) is 10.9 Å². The number of benzene rings is 2. The summed E-state index contributed by atoms with van der Waals surface area (Å²) in [5, 5.41) is 18.9. The average Bonchev–Trinajstić information content (AvgIpc) is 3.14. The molecule has 0 aliphatic rings. The lowest BCUT2D eigenvalue weighted by Crippen LogP contribution is -2.01. The number of thioether (sulfide) groups is 1. The maximum atomic E-state index is 13.4. The summed E-state index contributed by atoms with van der Waals surface area (Å²) in [6.45, 7) is 0.456. The highest BCUT2D eigenvalue weighted by Crippen LogP contribution is 2.34. The quantitative estimate of drug-likeness (QED) is 0.489. The van der Waals surface area contributed by atoms with Gasteiger partial charge in [0.2, 0.25) is 0 Å². The lowest BCUT2D eigenvalue weighted by Gasteiger charge is -2.12. The molecule has 0 aliphatic carbocycles. The van der Waals surface area contributed by atoms with Crippen LogP contribution in [-0.4, -0.2) is 21.0 Å². The van der Waals surface area contributed by atoms with Crippen molar-refractivity contribution in [2.24, 2.45) is 0 Å². The van der Waals surface area contributed by atoms with E-state index in [0.29, 0.717) is 22.8 Å². The third-order valence-electron chi connectivity index (χ3n) is 4.30. The average molecular weight is 389 g/mol. The molecule has 0 unspecified atom stereocenters. The number of hydrogen-bond acceptors (Lipinski definition) is 5. The van der Waals surface area contributed by atoms with Gasteiger partial charge in [-0.15, -0.1) is 11.8 Å². The highest BCUT2D eigenvalue weighted by molar-refractivity contribution is 7.98. The summed E-state index contributed by atoms with van der Waals surface area (Å²) in [5.41, 5.74) is 3.61. The second-order valence-corrected chi connectivity index (χ2v) is 6.98. The minimum atomic E-state index is -0.269. The molecule has 0 atom stereocenters. The first-order valence-corrected chi connectivity index (χ1v) is 9.81. The lowest BCUT2D eigenvalue weighted by atomic mass is 10.1. The Morgan fingerprint density at radius 2 is 2.07 bits per heavy atom. The van der Waals surface area contributed by atoms with Gasteiger partial charge in [-0.25, -0.2) is 9.37 Å². The number of anilines is 2. The number of pyridine rings is 1. The van der Waals surface area contributed by atoms with Crippen molar-refractivity contribution in [2.45, 2.75) is 11.6 Å². The van der Waals surface area contributed by atoms with Crippen LogP contribution in [0.15, 0.2) is 66.0 Å². The van der Waals surface area contributed by atoms with Gasteiger partial charge in [0.25, 0.3) is 0 Å². The Labute approximate surface area is 165 Å². The number of para-hydroxylation sites is 1. The number of halogens is 1. The van der Waals surface area contributed by atoms with E-state index in [9.17, 15) is 9.65 Å². The van der Waals surface area contributed by atoms with Gasteiger partial charge in [0.1, 0.15) is 22.5 Å². The van der Waals surface area contributed by atoms with Crippen molar-refractivity contribution < 1.29 is 4.39 Å². The van der Waals surface area contributed by atoms with Gasteiger partial charge in [-0.2, -0.15) is 10.4 Å². The maximum absolute atomic E-state index is 13.4. The van der Waals surface area contributed by atoms with Crippen LogP contribution in [0.5, 0.6) is 0 Å². The van der Waals surface area contributed by atoms with Crippen molar-refractivity contribution in [1.82, 2.24) is 14.8 Å². The molecular weight excluding hydrogens is 373 g/mol. The van der Waals surface area contributed by atoms with Crippen LogP contribution in [0.1, 0.15) is 11.1 Å². The molecule has 0 saturated carbocycles. The maximum Gasteiger partial charge on any atom is 0.123 e. The van der Waals surface area contributed by atoms with Crippen LogP contribution in [0.2, 0.25) is 0 Å². The molecule has 4 aromatic rings. The number of nitrogens with zero attached hydrogens (tertiary/aromatic N) is 4.